The molecule has 0 bridgehead atoms. The Labute approximate surface area is 199 Å². The number of hydrogen-bond acceptors (Lipinski definition) is 3. The van der Waals surface area contributed by atoms with Gasteiger partial charge in [-0.3, -0.25) is 4.79 Å². The Morgan fingerprint density at radius 1 is 0.676 bits per heavy atom. The van der Waals surface area contributed by atoms with Gasteiger partial charge in [0.1, 0.15) is 5.54 Å². The zero-order chi connectivity index (χ0) is 23.8. The maximum atomic E-state index is 14.3. The smallest absolute Gasteiger partial charge is 0.419 e. The maximum Gasteiger partial charge on any atom is 0.419 e. The lowest BCUT2D eigenvalue weighted by atomic mass is 9.75. The van der Waals surface area contributed by atoms with E-state index in [0.717, 1.165) is 22.3 Å². The first kappa shape index (κ1) is 21.7. The summed E-state index contributed by atoms with van der Waals surface area (Å²) in [6.45, 7) is 3.63. The van der Waals surface area contributed by atoms with E-state index in [1.54, 1.807) is 6.92 Å². The lowest BCUT2D eigenvalue weighted by molar-refractivity contribution is -0.138. The highest BCUT2D eigenvalue weighted by molar-refractivity contribution is 6.05. The highest BCUT2D eigenvalue weighted by atomic mass is 16.6. The predicted molar refractivity (Wildman–Crippen MR) is 131 cm³/mol. The highest BCUT2D eigenvalue weighted by Crippen LogP contribution is 2.48. The highest BCUT2D eigenvalue weighted by Gasteiger charge is 2.60. The van der Waals surface area contributed by atoms with Gasteiger partial charge < -0.3 is 4.74 Å². The molecule has 0 radical (unpaired) electrons. The predicted octanol–water partition coefficient (Wildman–Crippen LogP) is 6.18. The van der Waals surface area contributed by atoms with Gasteiger partial charge in [0.05, 0.1) is 0 Å². The number of rotatable bonds is 5. The van der Waals surface area contributed by atoms with Gasteiger partial charge >= 0.3 is 6.09 Å². The molecule has 34 heavy (non-hydrogen) atoms. The molecule has 1 fully saturated rings. The molecule has 4 heteroatoms. The summed E-state index contributed by atoms with van der Waals surface area (Å²) in [7, 11) is 0. The lowest BCUT2D eigenvalue weighted by Gasteiger charge is -2.41. The average molecular weight is 448 g/mol. The second-order valence-corrected chi connectivity index (χ2v) is 8.72. The van der Waals surface area contributed by atoms with Crippen molar-refractivity contribution in [2.24, 2.45) is 0 Å². The fourth-order valence-corrected chi connectivity index (χ4v) is 4.90. The molecule has 2 amide bonds. The molecule has 1 aliphatic rings. The van der Waals surface area contributed by atoms with E-state index in [9.17, 15) is 9.59 Å². The normalized spacial score (nSPS) is 18.1. The molecule has 1 heterocycles. The van der Waals surface area contributed by atoms with Gasteiger partial charge in [0.15, 0.2) is 0 Å². The van der Waals surface area contributed by atoms with Gasteiger partial charge in [-0.15, -0.1) is 0 Å². The lowest BCUT2D eigenvalue weighted by Crippen LogP contribution is -2.52. The summed E-state index contributed by atoms with van der Waals surface area (Å²) in [5, 5.41) is 0. The molecule has 0 saturated carbocycles. The molecule has 4 nitrogen and oxygen atoms in total. The molecule has 168 valence electrons. The summed E-state index contributed by atoms with van der Waals surface area (Å²) in [6.07, 6.45) is -0.675. The van der Waals surface area contributed by atoms with Crippen molar-refractivity contribution in [2.45, 2.75) is 25.0 Å². The van der Waals surface area contributed by atoms with Crippen molar-refractivity contribution >= 4 is 12.0 Å². The number of benzene rings is 4. The monoisotopic (exact) mass is 447 g/mol. The number of imide groups is 1. The third kappa shape index (κ3) is 3.22. The van der Waals surface area contributed by atoms with E-state index >= 15 is 0 Å². The molecule has 0 spiro atoms. The number of cyclic esters (lactones) is 1. The van der Waals surface area contributed by atoms with Crippen molar-refractivity contribution in [3.8, 4) is 0 Å². The Morgan fingerprint density at radius 3 is 1.59 bits per heavy atom. The third-order valence-corrected chi connectivity index (χ3v) is 6.56. The van der Waals surface area contributed by atoms with Crippen LogP contribution in [0.15, 0.2) is 115 Å². The fourth-order valence-electron chi connectivity index (χ4n) is 4.90. The number of hydrogen-bond donors (Lipinski definition) is 0. The summed E-state index contributed by atoms with van der Waals surface area (Å²) in [6, 6.07) is 36.5. The van der Waals surface area contributed by atoms with Gasteiger partial charge in [0, 0.05) is 5.56 Å². The number of amides is 2. The Kier molecular flexibility index (Phi) is 5.29. The van der Waals surface area contributed by atoms with E-state index < -0.39 is 23.1 Å². The van der Waals surface area contributed by atoms with Gasteiger partial charge in [-0.2, -0.15) is 0 Å². The van der Waals surface area contributed by atoms with E-state index in [2.05, 4.69) is 0 Å². The minimum atomic E-state index is -1.44. The molecule has 0 aromatic heterocycles. The van der Waals surface area contributed by atoms with Gasteiger partial charge in [-0.1, -0.05) is 121 Å². The van der Waals surface area contributed by atoms with E-state index in [1.165, 1.54) is 4.90 Å². The van der Waals surface area contributed by atoms with E-state index in [0.29, 0.717) is 5.56 Å². The van der Waals surface area contributed by atoms with Crippen LogP contribution in [0.5, 0.6) is 0 Å². The second kappa shape index (κ2) is 8.31. The molecule has 1 atom stereocenters. The Bertz CT molecular complexity index is 1240. The zero-order valence-electron chi connectivity index (χ0n) is 19.1. The molecule has 4 aromatic rings. The first-order valence-electron chi connectivity index (χ1n) is 11.3. The minimum absolute atomic E-state index is 0.403. The zero-order valence-corrected chi connectivity index (χ0v) is 19.1. The number of carbonyl (C=O) groups is 2. The van der Waals surface area contributed by atoms with Crippen molar-refractivity contribution in [3.05, 3.63) is 143 Å². The van der Waals surface area contributed by atoms with Crippen LogP contribution in [0.25, 0.3) is 0 Å². The van der Waals surface area contributed by atoms with E-state index in [-0.39, 0.29) is 0 Å². The summed E-state index contributed by atoms with van der Waals surface area (Å²) in [5.74, 6) is -0.403. The molecule has 1 unspecified atom stereocenters. The molecule has 4 aromatic carbocycles. The summed E-state index contributed by atoms with van der Waals surface area (Å²) >= 11 is 0. The Morgan fingerprint density at radius 2 is 1.15 bits per heavy atom. The first-order chi connectivity index (χ1) is 16.5. The first-order valence-corrected chi connectivity index (χ1v) is 11.3. The molecule has 0 N–H and O–H groups in total. The van der Waals surface area contributed by atoms with Crippen LogP contribution in [0.2, 0.25) is 0 Å². The van der Waals surface area contributed by atoms with Crippen LogP contribution in [0.3, 0.4) is 0 Å². The number of nitrogens with zero attached hydrogens (tertiary/aromatic N) is 1. The molecular formula is C30H25NO3. The van der Waals surface area contributed by atoms with Crippen molar-refractivity contribution in [2.75, 3.05) is 0 Å². The molecule has 1 saturated heterocycles. The van der Waals surface area contributed by atoms with Gasteiger partial charge in [0.25, 0.3) is 5.91 Å². The maximum absolute atomic E-state index is 14.3. The van der Waals surface area contributed by atoms with Gasteiger partial charge in [0.2, 0.25) is 5.60 Å². The summed E-state index contributed by atoms with van der Waals surface area (Å²) in [5.41, 5.74) is 1.38. The SMILES string of the molecule is Cc1cccc(C2(C)OC(=O)N(C(c3ccccc3)(c3ccccc3)c3ccccc3)C2=O)c1. The Hall–Kier alpha value is -4.18. The Balaban J connectivity index is 1.81. The van der Waals surface area contributed by atoms with Crippen LogP contribution in [0.1, 0.15) is 34.7 Å². The molecule has 0 aliphatic carbocycles. The van der Waals surface area contributed by atoms with Crippen LogP contribution in [0, 0.1) is 6.92 Å². The average Bonchev–Trinajstić information content (AvgIpc) is 3.11. The number of aryl methyl sites for hydroxylation is 1. The van der Waals surface area contributed by atoms with Crippen LogP contribution < -0.4 is 0 Å². The molecule has 5 rings (SSSR count). The summed E-state index contributed by atoms with van der Waals surface area (Å²) in [4.78, 5) is 29.3. The van der Waals surface area contributed by atoms with Gasteiger partial charge in [-0.05, 0) is 30.5 Å². The van der Waals surface area contributed by atoms with Crippen molar-refractivity contribution < 1.29 is 14.3 Å². The van der Waals surface area contributed by atoms with Crippen LogP contribution in [-0.4, -0.2) is 16.9 Å². The standard InChI is InChI=1S/C30H25NO3/c1-22-13-12-20-26(21-22)29(2)27(32)31(28(33)34-29)30(23-14-6-3-7-15-23,24-16-8-4-9-17-24)25-18-10-5-11-19-25/h3-21H,1-2H3. The molecular weight excluding hydrogens is 422 g/mol. The third-order valence-electron chi connectivity index (χ3n) is 6.56. The van der Waals surface area contributed by atoms with Crippen LogP contribution in [0.4, 0.5) is 4.79 Å². The van der Waals surface area contributed by atoms with Gasteiger partial charge in [-0.25, -0.2) is 9.69 Å². The molecule has 1 aliphatic heterocycles. The quantitative estimate of drug-likeness (QED) is 0.343. The van der Waals surface area contributed by atoms with Crippen LogP contribution >= 0.6 is 0 Å². The minimum Gasteiger partial charge on any atom is -0.428 e. The fraction of sp³-hybridized carbons (Fsp3) is 0.133. The topological polar surface area (TPSA) is 46.6 Å². The van der Waals surface area contributed by atoms with Crippen molar-refractivity contribution in [1.29, 1.82) is 0 Å². The largest absolute Gasteiger partial charge is 0.428 e. The second-order valence-electron chi connectivity index (χ2n) is 8.72. The summed E-state index contributed by atoms with van der Waals surface area (Å²) < 4.78 is 5.92. The number of carbonyl (C=O) groups excluding carboxylic acids is 2. The van der Waals surface area contributed by atoms with Crippen LogP contribution in [-0.2, 0) is 20.7 Å². The van der Waals surface area contributed by atoms with E-state index in [4.69, 9.17) is 4.74 Å². The number of ether oxygens (including phenoxy) is 1. The van der Waals surface area contributed by atoms with Crippen molar-refractivity contribution in [3.63, 3.8) is 0 Å². The van der Waals surface area contributed by atoms with E-state index in [1.807, 2.05) is 122 Å². The van der Waals surface area contributed by atoms with Crippen molar-refractivity contribution in [1.82, 2.24) is 4.90 Å².